The number of guanidine groups is 1. The maximum Gasteiger partial charge on any atom is 0.413 e. The third-order valence-corrected chi connectivity index (χ3v) is 4.85. The minimum absolute atomic E-state index is 0.0787. The molecule has 0 aliphatic carbocycles. The lowest BCUT2D eigenvalue weighted by Gasteiger charge is -2.26. The number of carbonyl (C=O) groups excluding carboxylic acids is 1. The Kier molecular flexibility index (Phi) is 8.78. The molecule has 11 heteroatoms. The molecule has 0 aliphatic rings. The fourth-order valence-corrected chi connectivity index (χ4v) is 2.78. The molecule has 1 amide bonds. The van der Waals surface area contributed by atoms with Crippen molar-refractivity contribution in [1.29, 1.82) is 0 Å². The zero-order chi connectivity index (χ0) is 24.6. The molecule has 0 bridgehead atoms. The molecule has 0 unspecified atom stereocenters. The van der Waals surface area contributed by atoms with Gasteiger partial charge in [0.2, 0.25) is 5.96 Å². The first kappa shape index (κ1) is 25.6. The topological polar surface area (TPSA) is 95.7 Å². The summed E-state index contributed by atoms with van der Waals surface area (Å²) >= 11 is 0. The van der Waals surface area contributed by atoms with Gasteiger partial charge in [0.05, 0.1) is 18.2 Å². The summed E-state index contributed by atoms with van der Waals surface area (Å²) in [6, 6.07) is 4.83. The summed E-state index contributed by atoms with van der Waals surface area (Å²) in [6.45, 7) is 8.00. The maximum absolute atomic E-state index is 13.3. The summed E-state index contributed by atoms with van der Waals surface area (Å²) in [5.74, 6) is -0.0518. The summed E-state index contributed by atoms with van der Waals surface area (Å²) in [4.78, 5) is 35.4. The Hall–Kier alpha value is -3.63. The SMILES string of the molecule is C=NC(=NC[C@H](CC)N(C)C(=O)c1nc(C)ccc1-c1ncccn1)N/C=C(\C)C(F)(F)F. The van der Waals surface area contributed by atoms with Crippen LogP contribution >= 0.6 is 0 Å². The van der Waals surface area contributed by atoms with Gasteiger partial charge in [0.15, 0.2) is 5.82 Å². The van der Waals surface area contributed by atoms with Crippen LogP contribution in [0.2, 0.25) is 0 Å². The number of aromatic nitrogens is 3. The number of pyridine rings is 1. The first-order valence-electron chi connectivity index (χ1n) is 10.1. The van der Waals surface area contributed by atoms with Crippen LogP contribution in [0.1, 0.15) is 36.5 Å². The highest BCUT2D eigenvalue weighted by atomic mass is 19.4. The Labute approximate surface area is 190 Å². The molecular weight excluding hydrogens is 435 g/mol. The zero-order valence-corrected chi connectivity index (χ0v) is 18.9. The van der Waals surface area contributed by atoms with Gasteiger partial charge in [-0.15, -0.1) is 0 Å². The maximum atomic E-state index is 13.3. The average Bonchev–Trinajstić information content (AvgIpc) is 2.80. The van der Waals surface area contributed by atoms with E-state index in [-0.39, 0.29) is 30.1 Å². The highest BCUT2D eigenvalue weighted by Crippen LogP contribution is 2.24. The Bertz CT molecular complexity index is 1040. The number of halogens is 3. The number of alkyl halides is 3. The zero-order valence-electron chi connectivity index (χ0n) is 18.9. The van der Waals surface area contributed by atoms with Crippen LogP contribution in [0.3, 0.4) is 0 Å². The average molecular weight is 461 g/mol. The van der Waals surface area contributed by atoms with E-state index >= 15 is 0 Å². The highest BCUT2D eigenvalue weighted by molar-refractivity contribution is 5.98. The number of rotatable bonds is 7. The van der Waals surface area contributed by atoms with Crippen LogP contribution in [0.4, 0.5) is 13.2 Å². The monoisotopic (exact) mass is 461 g/mol. The van der Waals surface area contributed by atoms with Crippen molar-refractivity contribution in [2.75, 3.05) is 13.6 Å². The number of aryl methyl sites for hydroxylation is 1. The Morgan fingerprint density at radius 2 is 1.97 bits per heavy atom. The summed E-state index contributed by atoms with van der Waals surface area (Å²) in [5.41, 5.74) is 0.528. The van der Waals surface area contributed by atoms with Gasteiger partial charge in [-0.25, -0.2) is 24.9 Å². The second kappa shape index (κ2) is 11.3. The molecule has 0 saturated carbocycles. The van der Waals surface area contributed by atoms with Crippen LogP contribution in [0.5, 0.6) is 0 Å². The van der Waals surface area contributed by atoms with Crippen molar-refractivity contribution < 1.29 is 18.0 Å². The molecule has 8 nitrogen and oxygen atoms in total. The van der Waals surface area contributed by atoms with E-state index in [1.807, 2.05) is 6.92 Å². The lowest BCUT2D eigenvalue weighted by atomic mass is 10.1. The number of nitrogens with one attached hydrogen (secondary N) is 1. The lowest BCUT2D eigenvalue weighted by molar-refractivity contribution is -0.0916. The van der Waals surface area contributed by atoms with Gasteiger partial charge in [-0.1, -0.05) is 6.92 Å². The molecule has 33 heavy (non-hydrogen) atoms. The number of hydrogen-bond acceptors (Lipinski definition) is 5. The van der Waals surface area contributed by atoms with Gasteiger partial charge >= 0.3 is 6.18 Å². The number of likely N-dealkylation sites (N-methyl/N-ethyl adjacent to an activating group) is 1. The number of amides is 1. The Morgan fingerprint density at radius 3 is 2.55 bits per heavy atom. The smallest absolute Gasteiger partial charge is 0.336 e. The molecule has 2 aromatic heterocycles. The van der Waals surface area contributed by atoms with E-state index in [4.69, 9.17) is 0 Å². The van der Waals surface area contributed by atoms with Crippen molar-refractivity contribution >= 4 is 18.6 Å². The third-order valence-electron chi connectivity index (χ3n) is 4.85. The molecular formula is C22H26F3N7O. The summed E-state index contributed by atoms with van der Waals surface area (Å²) in [6.07, 6.45) is 0.00648. The minimum Gasteiger partial charge on any atom is -0.336 e. The molecule has 0 aromatic carbocycles. The van der Waals surface area contributed by atoms with Gasteiger partial charge in [0.1, 0.15) is 5.69 Å². The van der Waals surface area contributed by atoms with Crippen molar-refractivity contribution in [3.63, 3.8) is 0 Å². The van der Waals surface area contributed by atoms with E-state index < -0.39 is 11.7 Å². The van der Waals surface area contributed by atoms with Crippen LogP contribution in [0, 0.1) is 6.92 Å². The standard InChI is InChI=1S/C22H26F3N7O/c1-6-16(13-30-21(26-4)29-12-14(2)22(23,24)25)32(5)20(33)18-17(9-8-15(3)31-18)19-27-10-7-11-28-19/h7-12,16H,4,6,13H2,1-3,5H3,(H,29,30)/b14-12+/t16-/m0/s1. The predicted molar refractivity (Wildman–Crippen MR) is 121 cm³/mol. The molecule has 1 N–H and O–H groups in total. The van der Waals surface area contributed by atoms with Crippen LogP contribution in [0.15, 0.2) is 52.4 Å². The molecule has 1 atom stereocenters. The van der Waals surface area contributed by atoms with E-state index in [0.717, 1.165) is 13.1 Å². The van der Waals surface area contributed by atoms with Crippen LogP contribution in [-0.4, -0.2) is 64.2 Å². The van der Waals surface area contributed by atoms with E-state index in [1.54, 1.807) is 44.6 Å². The Morgan fingerprint density at radius 1 is 1.30 bits per heavy atom. The van der Waals surface area contributed by atoms with Gasteiger partial charge in [-0.05, 0) is 45.2 Å². The summed E-state index contributed by atoms with van der Waals surface area (Å²) in [5, 5.41) is 2.40. The number of nitrogens with zero attached hydrogens (tertiary/aromatic N) is 6. The lowest BCUT2D eigenvalue weighted by Crippen LogP contribution is -2.39. The highest BCUT2D eigenvalue weighted by Gasteiger charge is 2.30. The first-order chi connectivity index (χ1) is 15.6. The largest absolute Gasteiger partial charge is 0.413 e. The number of allylic oxidation sites excluding steroid dienone is 1. The van der Waals surface area contributed by atoms with Crippen molar-refractivity contribution in [1.82, 2.24) is 25.2 Å². The fourth-order valence-electron chi connectivity index (χ4n) is 2.78. The van der Waals surface area contributed by atoms with Gasteiger partial charge in [-0.2, -0.15) is 13.2 Å². The second-order valence-corrected chi connectivity index (χ2v) is 7.19. The number of aliphatic imine (C=N–C) groups is 2. The minimum atomic E-state index is -4.46. The van der Waals surface area contributed by atoms with Crippen molar-refractivity contribution in [3.05, 3.63) is 53.8 Å². The van der Waals surface area contributed by atoms with Crippen molar-refractivity contribution in [2.24, 2.45) is 9.98 Å². The molecule has 0 aliphatic heterocycles. The van der Waals surface area contributed by atoms with Crippen LogP contribution in [0.25, 0.3) is 11.4 Å². The van der Waals surface area contributed by atoms with Crippen molar-refractivity contribution in [2.45, 2.75) is 39.4 Å². The molecule has 0 spiro atoms. The number of carbonyl (C=O) groups is 1. The van der Waals surface area contributed by atoms with E-state index in [0.29, 0.717) is 23.5 Å². The van der Waals surface area contributed by atoms with Crippen LogP contribution in [-0.2, 0) is 0 Å². The van der Waals surface area contributed by atoms with Gasteiger partial charge < -0.3 is 10.2 Å². The van der Waals surface area contributed by atoms with Crippen molar-refractivity contribution in [3.8, 4) is 11.4 Å². The Balaban J connectivity index is 2.24. The molecule has 2 rings (SSSR count). The molecule has 0 saturated heterocycles. The third kappa shape index (κ3) is 6.93. The van der Waals surface area contributed by atoms with Gasteiger partial charge in [0.25, 0.3) is 5.91 Å². The quantitative estimate of drug-likeness (QED) is 0.500. The fraction of sp³-hybridized carbons (Fsp3) is 0.364. The first-order valence-corrected chi connectivity index (χ1v) is 10.1. The predicted octanol–water partition coefficient (Wildman–Crippen LogP) is 3.81. The van der Waals surface area contributed by atoms with E-state index in [2.05, 4.69) is 37.0 Å². The second-order valence-electron chi connectivity index (χ2n) is 7.19. The molecule has 0 fully saturated rings. The molecule has 0 radical (unpaired) electrons. The van der Waals surface area contributed by atoms with E-state index in [1.165, 1.54) is 4.90 Å². The molecule has 2 aromatic rings. The summed E-state index contributed by atoms with van der Waals surface area (Å²) < 4.78 is 38.0. The van der Waals surface area contributed by atoms with Gasteiger partial charge in [-0.3, -0.25) is 4.79 Å². The summed E-state index contributed by atoms with van der Waals surface area (Å²) in [7, 11) is 1.62. The van der Waals surface area contributed by atoms with Gasteiger partial charge in [0, 0.05) is 36.9 Å². The van der Waals surface area contributed by atoms with E-state index in [9.17, 15) is 18.0 Å². The normalized spacial score (nSPS) is 13.4. The molecule has 176 valence electrons. The van der Waals surface area contributed by atoms with Crippen LogP contribution < -0.4 is 5.32 Å². The molecule has 2 heterocycles. The number of hydrogen-bond donors (Lipinski definition) is 1.